The molecular weight excluding hydrogens is 516 g/mol. The summed E-state index contributed by atoms with van der Waals surface area (Å²) in [6, 6.07) is 5.34. The smallest absolute Gasteiger partial charge is 0.380 e. The molecule has 0 bridgehead atoms. The molecule has 0 aliphatic heterocycles. The van der Waals surface area contributed by atoms with Gasteiger partial charge in [0.15, 0.2) is 5.82 Å². The third-order valence-electron chi connectivity index (χ3n) is 6.91. The number of hydrogen-bond acceptors (Lipinski definition) is 6. The van der Waals surface area contributed by atoms with E-state index in [2.05, 4.69) is 29.6 Å². The summed E-state index contributed by atoms with van der Waals surface area (Å²) in [5.41, 5.74) is -1.22. The van der Waals surface area contributed by atoms with Crippen LogP contribution in [-0.4, -0.2) is 30.8 Å². The predicted octanol–water partition coefficient (Wildman–Crippen LogP) is 4.04. The first kappa shape index (κ1) is 26.0. The van der Waals surface area contributed by atoms with Crippen molar-refractivity contribution in [3.8, 4) is 11.4 Å². The van der Waals surface area contributed by atoms with E-state index in [0.29, 0.717) is 30.6 Å². The number of H-pyrrole nitrogens is 1. The molecule has 0 amide bonds. The molecule has 0 saturated heterocycles. The van der Waals surface area contributed by atoms with Crippen molar-refractivity contribution in [3.05, 3.63) is 74.8 Å². The fraction of sp³-hybridized carbons (Fsp3) is 0.346. The van der Waals surface area contributed by atoms with E-state index >= 15 is 0 Å². The van der Waals surface area contributed by atoms with Crippen LogP contribution in [0.25, 0.3) is 22.2 Å². The quantitative estimate of drug-likeness (QED) is 0.369. The van der Waals surface area contributed by atoms with Crippen molar-refractivity contribution in [2.45, 2.75) is 51.4 Å². The van der Waals surface area contributed by atoms with Crippen LogP contribution in [0.15, 0.2) is 52.6 Å². The highest BCUT2D eigenvalue weighted by Gasteiger charge is 2.38. The number of aryl methyl sites for hydroxylation is 1. The first-order valence-electron chi connectivity index (χ1n) is 12.2. The van der Waals surface area contributed by atoms with Crippen LogP contribution in [0.5, 0.6) is 0 Å². The van der Waals surface area contributed by atoms with E-state index in [1.807, 2.05) is 30.2 Å². The number of halogens is 3. The molecule has 1 unspecified atom stereocenters. The number of fused-ring (bicyclic) bond motifs is 1. The fourth-order valence-electron chi connectivity index (χ4n) is 5.09. The third-order valence-corrected chi connectivity index (χ3v) is 7.38. The number of alkyl halides is 3. The normalized spacial score (nSPS) is 18.0. The van der Waals surface area contributed by atoms with Crippen LogP contribution in [0, 0.1) is 12.8 Å². The van der Waals surface area contributed by atoms with Crippen LogP contribution < -0.4 is 21.7 Å². The molecule has 2 N–H and O–H groups in total. The van der Waals surface area contributed by atoms with Crippen LogP contribution in [0.2, 0.25) is 0 Å². The second kappa shape index (κ2) is 10.3. The largest absolute Gasteiger partial charge is 0.423 e. The monoisotopic (exact) mass is 542 g/mol. The van der Waals surface area contributed by atoms with E-state index in [1.165, 1.54) is 0 Å². The Morgan fingerprint density at radius 2 is 1.92 bits per heavy atom. The minimum atomic E-state index is -4.80. The number of aromatic amines is 1. The third kappa shape index (κ3) is 5.34. The average Bonchev–Trinajstić information content (AvgIpc) is 2.86. The second-order valence-corrected chi connectivity index (χ2v) is 10.4. The SMILES string of the molecule is Cc1cnc(-c2cc3ccn(C[C@@H]4CCC[C@H](Nc5cn[nH]c(=O)c5C(F)(F)F)C4)c(=O)c3cc2P)nc1. The van der Waals surface area contributed by atoms with Crippen LogP contribution in [0.3, 0.4) is 0 Å². The highest BCUT2D eigenvalue weighted by atomic mass is 31.0. The highest BCUT2D eigenvalue weighted by Crippen LogP contribution is 2.34. The molecule has 1 aromatic carbocycles. The van der Waals surface area contributed by atoms with Crippen LogP contribution in [0.4, 0.5) is 18.9 Å². The Labute approximate surface area is 217 Å². The number of hydrogen-bond donors (Lipinski definition) is 2. The summed E-state index contributed by atoms with van der Waals surface area (Å²) < 4.78 is 42.0. The molecule has 1 aliphatic rings. The Morgan fingerprint density at radius 3 is 2.66 bits per heavy atom. The maximum atomic E-state index is 13.4. The molecule has 8 nitrogen and oxygen atoms in total. The van der Waals surface area contributed by atoms with Gasteiger partial charge in [0.1, 0.15) is 5.56 Å². The summed E-state index contributed by atoms with van der Waals surface area (Å²) in [5, 5.41) is 10.4. The highest BCUT2D eigenvalue weighted by molar-refractivity contribution is 7.28. The van der Waals surface area contributed by atoms with Gasteiger partial charge >= 0.3 is 6.18 Å². The topological polar surface area (TPSA) is 106 Å². The Kier molecular flexibility index (Phi) is 7.05. The van der Waals surface area contributed by atoms with Crippen molar-refractivity contribution in [2.75, 3.05) is 5.32 Å². The summed E-state index contributed by atoms with van der Waals surface area (Å²) >= 11 is 0. The molecule has 198 valence electrons. The van der Waals surface area contributed by atoms with E-state index in [0.717, 1.165) is 40.9 Å². The molecule has 3 atom stereocenters. The van der Waals surface area contributed by atoms with Crippen LogP contribution in [-0.2, 0) is 12.7 Å². The summed E-state index contributed by atoms with van der Waals surface area (Å²) in [5.74, 6) is 0.660. The lowest BCUT2D eigenvalue weighted by molar-refractivity contribution is -0.138. The van der Waals surface area contributed by atoms with Gasteiger partial charge in [-0.05, 0) is 66.6 Å². The molecule has 12 heteroatoms. The number of aromatic nitrogens is 5. The molecule has 1 fully saturated rings. The maximum Gasteiger partial charge on any atom is 0.423 e. The molecule has 3 aromatic heterocycles. The van der Waals surface area contributed by atoms with Crippen molar-refractivity contribution in [1.29, 1.82) is 0 Å². The molecule has 0 spiro atoms. The molecule has 4 aromatic rings. The zero-order chi connectivity index (χ0) is 27.0. The molecule has 0 radical (unpaired) electrons. The molecular formula is C26H26F3N6O2P. The van der Waals surface area contributed by atoms with Crippen molar-refractivity contribution in [2.24, 2.45) is 5.92 Å². The van der Waals surface area contributed by atoms with Crippen molar-refractivity contribution < 1.29 is 13.2 Å². The number of nitrogens with zero attached hydrogens (tertiary/aromatic N) is 4. The molecule has 5 rings (SSSR count). The Morgan fingerprint density at radius 1 is 1.16 bits per heavy atom. The summed E-state index contributed by atoms with van der Waals surface area (Å²) in [6.45, 7) is 2.36. The lowest BCUT2D eigenvalue weighted by atomic mass is 9.85. The number of pyridine rings is 1. The van der Waals surface area contributed by atoms with E-state index in [9.17, 15) is 22.8 Å². The molecule has 3 heterocycles. The van der Waals surface area contributed by atoms with Gasteiger partial charge in [-0.25, -0.2) is 15.1 Å². The maximum absolute atomic E-state index is 13.4. The van der Waals surface area contributed by atoms with E-state index in [4.69, 9.17) is 0 Å². The van der Waals surface area contributed by atoms with Crippen molar-refractivity contribution in [1.82, 2.24) is 24.7 Å². The lowest BCUT2D eigenvalue weighted by Crippen LogP contribution is -2.33. The predicted molar refractivity (Wildman–Crippen MR) is 143 cm³/mol. The van der Waals surface area contributed by atoms with Crippen LogP contribution >= 0.6 is 9.24 Å². The minimum Gasteiger partial charge on any atom is -0.380 e. The zero-order valence-corrected chi connectivity index (χ0v) is 21.7. The number of anilines is 1. The van der Waals surface area contributed by atoms with Gasteiger partial charge in [0.05, 0.1) is 11.9 Å². The fourth-order valence-corrected chi connectivity index (χ4v) is 5.47. The van der Waals surface area contributed by atoms with Gasteiger partial charge in [0.25, 0.3) is 11.1 Å². The summed E-state index contributed by atoms with van der Waals surface area (Å²) in [7, 11) is 2.64. The Hall–Kier alpha value is -3.59. The number of nitrogens with one attached hydrogen (secondary N) is 2. The number of benzene rings is 1. The summed E-state index contributed by atoms with van der Waals surface area (Å²) in [4.78, 5) is 33.9. The van der Waals surface area contributed by atoms with E-state index in [-0.39, 0.29) is 23.2 Å². The Balaban J connectivity index is 1.36. The Bertz CT molecular complexity index is 1600. The second-order valence-electron chi connectivity index (χ2n) is 9.74. The van der Waals surface area contributed by atoms with Gasteiger partial charge in [-0.2, -0.15) is 18.3 Å². The summed E-state index contributed by atoms with van der Waals surface area (Å²) in [6.07, 6.45) is 4.31. The van der Waals surface area contributed by atoms with Gasteiger partial charge in [-0.1, -0.05) is 6.42 Å². The number of rotatable bonds is 5. The minimum absolute atomic E-state index is 0.0800. The van der Waals surface area contributed by atoms with Crippen LogP contribution in [0.1, 0.15) is 36.8 Å². The standard InChI is InChI=1S/C26H26F3N6O2P/c1-14-10-30-23(31-11-14)19-8-16-5-6-35(25(37)18(16)9-21(19)38)13-15-3-2-4-17(7-15)33-20-12-32-34-24(36)22(20)26(27,28)29/h5-6,8-12,15,17H,2-4,7,13,38H2,1H3,(H2,33,34,36)/t15-,17+/m1/s1. The van der Waals surface area contributed by atoms with Gasteiger partial charge in [-0.15, -0.1) is 9.24 Å². The van der Waals surface area contributed by atoms with E-state index < -0.39 is 17.3 Å². The zero-order valence-electron chi connectivity index (χ0n) is 20.5. The lowest BCUT2D eigenvalue weighted by Gasteiger charge is -2.31. The van der Waals surface area contributed by atoms with Gasteiger partial charge in [-0.3, -0.25) is 9.59 Å². The molecule has 1 saturated carbocycles. The first-order chi connectivity index (χ1) is 18.1. The van der Waals surface area contributed by atoms with Gasteiger partial charge in [0, 0.05) is 42.1 Å². The molecule has 1 aliphatic carbocycles. The van der Waals surface area contributed by atoms with Crippen molar-refractivity contribution in [3.63, 3.8) is 0 Å². The average molecular weight is 543 g/mol. The first-order valence-corrected chi connectivity index (χ1v) is 12.8. The van der Waals surface area contributed by atoms with Crippen molar-refractivity contribution >= 4 is 31.0 Å². The van der Waals surface area contributed by atoms with E-state index in [1.54, 1.807) is 23.2 Å². The van der Waals surface area contributed by atoms with Gasteiger partial charge in [0.2, 0.25) is 0 Å². The molecule has 38 heavy (non-hydrogen) atoms. The van der Waals surface area contributed by atoms with Gasteiger partial charge < -0.3 is 9.88 Å².